The van der Waals surface area contributed by atoms with E-state index in [1.54, 1.807) is 10.4 Å². The van der Waals surface area contributed by atoms with Gasteiger partial charge < -0.3 is 5.11 Å². The summed E-state index contributed by atoms with van der Waals surface area (Å²) in [6, 6.07) is 0. The average molecular weight is 181 g/mol. The van der Waals surface area contributed by atoms with E-state index in [0.717, 1.165) is 12.1 Å². The highest BCUT2D eigenvalue weighted by Gasteiger charge is 2.26. The Balaban J connectivity index is 2.28. The van der Waals surface area contributed by atoms with E-state index in [1.165, 1.54) is 11.9 Å². The zero-order valence-corrected chi connectivity index (χ0v) is 7.04. The first-order chi connectivity index (χ1) is 5.79. The minimum absolute atomic E-state index is 0.371. The maximum Gasteiger partial charge on any atom is 0.353 e. The van der Waals surface area contributed by atoms with Crippen molar-refractivity contribution in [2.75, 3.05) is 0 Å². The van der Waals surface area contributed by atoms with Crippen LogP contribution in [0.25, 0.3) is 0 Å². The molecule has 0 saturated carbocycles. The van der Waals surface area contributed by atoms with Gasteiger partial charge in [-0.15, -0.1) is 0 Å². The van der Waals surface area contributed by atoms with Crippen molar-refractivity contribution in [1.29, 1.82) is 0 Å². The van der Waals surface area contributed by atoms with E-state index in [2.05, 4.69) is 0 Å². The van der Waals surface area contributed by atoms with Gasteiger partial charge in [0.25, 0.3) is 0 Å². The van der Waals surface area contributed by atoms with Crippen LogP contribution < -0.4 is 0 Å². The Labute approximate surface area is 74.2 Å². The van der Waals surface area contributed by atoms with Gasteiger partial charge in [-0.1, -0.05) is 6.08 Å². The molecule has 0 atom stereocenters. The first kappa shape index (κ1) is 7.49. The maximum absolute atomic E-state index is 10.7. The minimum Gasteiger partial charge on any atom is -0.477 e. The number of hydrogen-bond donors (Lipinski definition) is 1. The monoisotopic (exact) mass is 181 g/mol. The number of carboxylic acid groups (broad SMARTS) is 1. The number of hydrogen-bond acceptors (Lipinski definition) is 3. The molecule has 2 rings (SSSR count). The molecule has 1 N–H and O–H groups in total. The molecule has 0 bridgehead atoms. The molecule has 2 heterocycles. The molecule has 12 heavy (non-hydrogen) atoms. The van der Waals surface area contributed by atoms with Crippen molar-refractivity contribution in [3.63, 3.8) is 0 Å². The van der Waals surface area contributed by atoms with Crippen LogP contribution in [-0.4, -0.2) is 15.4 Å². The van der Waals surface area contributed by atoms with Crippen LogP contribution in [0.1, 0.15) is 6.42 Å². The van der Waals surface area contributed by atoms with Crippen molar-refractivity contribution in [2.45, 2.75) is 6.42 Å². The molecule has 0 aromatic rings. The summed E-state index contributed by atoms with van der Waals surface area (Å²) >= 11 is 1.41. The summed E-state index contributed by atoms with van der Waals surface area (Å²) in [4.78, 5) is 10.7. The summed E-state index contributed by atoms with van der Waals surface area (Å²) in [6.45, 7) is 0. The van der Waals surface area contributed by atoms with Crippen LogP contribution in [0.3, 0.4) is 0 Å². The molecule has 0 unspecified atom stereocenters. The minimum atomic E-state index is -0.860. The van der Waals surface area contributed by atoms with Crippen LogP contribution in [-0.2, 0) is 4.79 Å². The fourth-order valence-electron chi connectivity index (χ4n) is 1.20. The molecule has 0 aromatic carbocycles. The molecule has 0 aliphatic carbocycles. The highest BCUT2D eigenvalue weighted by molar-refractivity contribution is 8.00. The summed E-state index contributed by atoms with van der Waals surface area (Å²) in [5.74, 6) is -0.860. The molecule has 2 aliphatic heterocycles. The molecular formula is C8H7NO2S. The fourth-order valence-corrected chi connectivity index (χ4v) is 2.01. The molecule has 4 heteroatoms. The Morgan fingerprint density at radius 3 is 3.25 bits per heavy atom. The van der Waals surface area contributed by atoms with Gasteiger partial charge in [-0.25, -0.2) is 4.79 Å². The van der Waals surface area contributed by atoms with Gasteiger partial charge in [0.2, 0.25) is 0 Å². The predicted octanol–water partition coefficient (Wildman–Crippen LogP) is 1.72. The standard InChI is InChI=1S/C8H7NO2S/c10-8(11)7-4-3-6-2-1-5-12-9(6)7/h1-2,4-5H,3H2,(H,10,11). The molecule has 0 aromatic heterocycles. The normalized spacial score (nSPS) is 20.2. The third-order valence-electron chi connectivity index (χ3n) is 1.74. The van der Waals surface area contributed by atoms with Gasteiger partial charge in [0.1, 0.15) is 5.70 Å². The first-order valence-electron chi connectivity index (χ1n) is 3.55. The molecule has 62 valence electrons. The van der Waals surface area contributed by atoms with Crippen molar-refractivity contribution in [3.05, 3.63) is 35.0 Å². The van der Waals surface area contributed by atoms with E-state index < -0.39 is 5.97 Å². The second-order valence-corrected chi connectivity index (χ2v) is 3.33. The van der Waals surface area contributed by atoms with E-state index in [0.29, 0.717) is 5.70 Å². The summed E-state index contributed by atoms with van der Waals surface area (Å²) in [5, 5.41) is 10.6. The largest absolute Gasteiger partial charge is 0.477 e. The lowest BCUT2D eigenvalue weighted by molar-refractivity contribution is -0.133. The quantitative estimate of drug-likeness (QED) is 0.625. The Hall–Kier alpha value is -1.16. The van der Waals surface area contributed by atoms with Crippen LogP contribution in [0.15, 0.2) is 35.0 Å². The Morgan fingerprint density at radius 1 is 1.67 bits per heavy atom. The third kappa shape index (κ3) is 1.04. The molecule has 2 aliphatic rings. The average Bonchev–Trinajstić information content (AvgIpc) is 2.47. The van der Waals surface area contributed by atoms with E-state index in [9.17, 15) is 4.79 Å². The Bertz CT molecular complexity index is 317. The first-order valence-corrected chi connectivity index (χ1v) is 4.39. The highest BCUT2D eigenvalue weighted by atomic mass is 32.2. The second-order valence-electron chi connectivity index (χ2n) is 2.48. The lowest BCUT2D eigenvalue weighted by atomic mass is 10.3. The van der Waals surface area contributed by atoms with Crippen molar-refractivity contribution >= 4 is 17.9 Å². The van der Waals surface area contributed by atoms with Crippen molar-refractivity contribution < 1.29 is 9.90 Å². The molecule has 0 amide bonds. The second kappa shape index (κ2) is 2.71. The van der Waals surface area contributed by atoms with Gasteiger partial charge in [0, 0.05) is 12.1 Å². The van der Waals surface area contributed by atoms with Gasteiger partial charge >= 0.3 is 5.97 Å². The Kier molecular flexibility index (Phi) is 1.69. The van der Waals surface area contributed by atoms with Gasteiger partial charge in [-0.05, 0) is 29.5 Å². The summed E-state index contributed by atoms with van der Waals surface area (Å²) in [5.41, 5.74) is 1.41. The number of rotatable bonds is 1. The highest BCUT2D eigenvalue weighted by Crippen LogP contribution is 2.35. The number of allylic oxidation sites excluding steroid dienone is 3. The van der Waals surface area contributed by atoms with Gasteiger partial charge in [-0.3, -0.25) is 4.31 Å². The summed E-state index contributed by atoms with van der Waals surface area (Å²) in [7, 11) is 0. The van der Waals surface area contributed by atoms with E-state index in [1.807, 2.05) is 17.6 Å². The van der Waals surface area contributed by atoms with E-state index in [4.69, 9.17) is 5.11 Å². The molecule has 0 saturated heterocycles. The topological polar surface area (TPSA) is 40.5 Å². The van der Waals surface area contributed by atoms with E-state index in [-0.39, 0.29) is 0 Å². The number of fused-ring (bicyclic) bond motifs is 1. The zero-order chi connectivity index (χ0) is 8.55. The fraction of sp³-hybridized carbons (Fsp3) is 0.125. The number of aliphatic carboxylic acids is 1. The van der Waals surface area contributed by atoms with Crippen molar-refractivity contribution in [2.24, 2.45) is 0 Å². The van der Waals surface area contributed by atoms with Crippen LogP contribution in [0.4, 0.5) is 0 Å². The Morgan fingerprint density at radius 2 is 2.50 bits per heavy atom. The predicted molar refractivity (Wildman–Crippen MR) is 47.0 cm³/mol. The van der Waals surface area contributed by atoms with Gasteiger partial charge in [0.05, 0.1) is 0 Å². The van der Waals surface area contributed by atoms with Crippen molar-refractivity contribution in [3.8, 4) is 0 Å². The summed E-state index contributed by atoms with van der Waals surface area (Å²) in [6.07, 6.45) is 6.31. The van der Waals surface area contributed by atoms with Crippen LogP contribution in [0, 0.1) is 0 Å². The lowest BCUT2D eigenvalue weighted by Crippen LogP contribution is -2.16. The molecule has 3 nitrogen and oxygen atoms in total. The number of carbonyl (C=O) groups is 1. The number of nitrogens with zero attached hydrogens (tertiary/aromatic N) is 1. The number of carboxylic acids is 1. The SMILES string of the molecule is O=C(O)C1=CCC2=CC=CSN21. The molecule has 0 spiro atoms. The smallest absolute Gasteiger partial charge is 0.353 e. The van der Waals surface area contributed by atoms with Crippen LogP contribution in [0.5, 0.6) is 0 Å². The zero-order valence-electron chi connectivity index (χ0n) is 6.23. The van der Waals surface area contributed by atoms with Crippen molar-refractivity contribution in [1.82, 2.24) is 4.31 Å². The maximum atomic E-state index is 10.7. The summed E-state index contributed by atoms with van der Waals surface area (Å²) < 4.78 is 1.74. The van der Waals surface area contributed by atoms with Crippen LogP contribution in [0.2, 0.25) is 0 Å². The third-order valence-corrected chi connectivity index (χ3v) is 2.66. The van der Waals surface area contributed by atoms with Gasteiger partial charge in [-0.2, -0.15) is 0 Å². The molecule has 0 radical (unpaired) electrons. The molecule has 0 fully saturated rings. The molecular weight excluding hydrogens is 174 g/mol. The van der Waals surface area contributed by atoms with Crippen LogP contribution >= 0.6 is 11.9 Å². The van der Waals surface area contributed by atoms with Gasteiger partial charge in [0.15, 0.2) is 0 Å². The lowest BCUT2D eigenvalue weighted by Gasteiger charge is -2.20. The van der Waals surface area contributed by atoms with E-state index >= 15 is 0 Å².